The van der Waals surface area contributed by atoms with Gasteiger partial charge in [-0.3, -0.25) is 10.1 Å². The number of nitrogens with one attached hydrogen (secondary N) is 2. The summed E-state index contributed by atoms with van der Waals surface area (Å²) in [6, 6.07) is 11.4. The maximum absolute atomic E-state index is 13.5. The third-order valence-electron chi connectivity index (χ3n) is 4.89. The number of carbonyl (C=O) groups is 2. The summed E-state index contributed by atoms with van der Waals surface area (Å²) in [5, 5.41) is 5.28. The van der Waals surface area contributed by atoms with E-state index in [1.165, 1.54) is 19.2 Å². The van der Waals surface area contributed by atoms with Crippen LogP contribution in [-0.2, 0) is 14.3 Å². The third-order valence-corrected chi connectivity index (χ3v) is 4.89. The molecule has 29 heavy (non-hydrogen) atoms. The highest BCUT2D eigenvalue weighted by Gasteiger charge is 2.38. The van der Waals surface area contributed by atoms with Crippen LogP contribution in [0, 0.1) is 5.82 Å². The molecule has 2 amide bonds. The average molecular weight is 394 g/mol. The lowest BCUT2D eigenvalue weighted by atomic mass is 9.92. The number of fused-ring (bicyclic) bond motifs is 1. The van der Waals surface area contributed by atoms with Crippen molar-refractivity contribution in [2.75, 3.05) is 17.7 Å². The molecule has 0 saturated carbocycles. The van der Waals surface area contributed by atoms with Gasteiger partial charge in [0.25, 0.3) is 5.91 Å². The van der Waals surface area contributed by atoms with Gasteiger partial charge in [0.05, 0.1) is 18.4 Å². The number of allylic oxidation sites excluding steroid dienone is 1. The highest BCUT2D eigenvalue weighted by Crippen LogP contribution is 2.44. The zero-order valence-electron chi connectivity index (χ0n) is 16.1. The van der Waals surface area contributed by atoms with Gasteiger partial charge >= 0.3 is 6.09 Å². The number of hydrogen-bond acceptors (Lipinski definition) is 4. The first-order valence-electron chi connectivity index (χ1n) is 9.00. The summed E-state index contributed by atoms with van der Waals surface area (Å²) in [6.45, 7) is 3.82. The zero-order valence-corrected chi connectivity index (χ0v) is 16.1. The van der Waals surface area contributed by atoms with Gasteiger partial charge in [0.15, 0.2) is 0 Å². The molecule has 2 aromatic rings. The third kappa shape index (κ3) is 3.35. The van der Waals surface area contributed by atoms with E-state index in [1.54, 1.807) is 18.2 Å². The Morgan fingerprint density at radius 1 is 1.17 bits per heavy atom. The number of amides is 2. The molecule has 0 aliphatic carbocycles. The van der Waals surface area contributed by atoms with Crippen molar-refractivity contribution in [2.45, 2.75) is 19.4 Å². The standard InChI is InChI=1S/C22H19FN2O4/c1-22(2)16(12-4-7-14(8-5-12)24-21(27)28-3)11-18(29-22)19-15-9-6-13(23)10-17(15)25-20(19)26/h4-11H,1-3H3,(H,24,27)(H,25,26)/b19-18+. The van der Waals surface area contributed by atoms with Crippen LogP contribution in [-0.4, -0.2) is 24.7 Å². The van der Waals surface area contributed by atoms with Crippen molar-refractivity contribution in [3.8, 4) is 0 Å². The molecule has 0 atom stereocenters. The number of carbonyl (C=O) groups excluding carboxylic acids is 2. The Labute approximate surface area is 167 Å². The van der Waals surface area contributed by atoms with E-state index in [9.17, 15) is 14.0 Å². The normalized spacial score (nSPS) is 19.2. The van der Waals surface area contributed by atoms with E-state index in [4.69, 9.17) is 4.74 Å². The van der Waals surface area contributed by atoms with Crippen molar-refractivity contribution in [2.24, 2.45) is 0 Å². The lowest BCUT2D eigenvalue weighted by molar-refractivity contribution is -0.111. The second-order valence-corrected chi connectivity index (χ2v) is 7.25. The lowest BCUT2D eigenvalue weighted by Crippen LogP contribution is -2.21. The van der Waals surface area contributed by atoms with E-state index < -0.39 is 17.5 Å². The molecule has 2 aromatic carbocycles. The maximum atomic E-state index is 13.5. The highest BCUT2D eigenvalue weighted by atomic mass is 19.1. The Bertz CT molecular complexity index is 1080. The van der Waals surface area contributed by atoms with Crippen LogP contribution in [0.1, 0.15) is 25.0 Å². The van der Waals surface area contributed by atoms with Crippen LogP contribution in [0.2, 0.25) is 0 Å². The molecule has 148 valence electrons. The fourth-order valence-corrected chi connectivity index (χ4v) is 3.51. The van der Waals surface area contributed by atoms with Crippen molar-refractivity contribution < 1.29 is 23.5 Å². The van der Waals surface area contributed by atoms with E-state index in [1.807, 2.05) is 32.1 Å². The van der Waals surface area contributed by atoms with Crippen LogP contribution in [0.3, 0.4) is 0 Å². The summed E-state index contributed by atoms with van der Waals surface area (Å²) < 4.78 is 24.2. The monoisotopic (exact) mass is 394 g/mol. The molecule has 0 unspecified atom stereocenters. The van der Waals surface area contributed by atoms with Gasteiger partial charge in [-0.15, -0.1) is 0 Å². The number of anilines is 2. The highest BCUT2D eigenvalue weighted by molar-refractivity contribution is 6.32. The van der Waals surface area contributed by atoms with Crippen molar-refractivity contribution in [3.63, 3.8) is 0 Å². The second kappa shape index (κ2) is 6.77. The molecule has 0 fully saturated rings. The molecule has 4 rings (SSSR count). The first kappa shape index (κ1) is 18.7. The van der Waals surface area contributed by atoms with E-state index in [0.717, 1.165) is 11.1 Å². The molecule has 0 saturated heterocycles. The van der Waals surface area contributed by atoms with Gasteiger partial charge in [-0.25, -0.2) is 9.18 Å². The number of halogens is 1. The molecule has 0 aromatic heterocycles. The topological polar surface area (TPSA) is 76.7 Å². The Kier molecular flexibility index (Phi) is 4.38. The fraction of sp³-hybridized carbons (Fsp3) is 0.182. The summed E-state index contributed by atoms with van der Waals surface area (Å²) in [4.78, 5) is 23.8. The molecule has 2 aliphatic rings. The van der Waals surface area contributed by atoms with Crippen molar-refractivity contribution in [1.82, 2.24) is 0 Å². The van der Waals surface area contributed by atoms with Gasteiger partial charge in [-0.1, -0.05) is 12.1 Å². The molecule has 7 heteroatoms. The van der Waals surface area contributed by atoms with Gasteiger partial charge in [-0.05, 0) is 55.8 Å². The van der Waals surface area contributed by atoms with Crippen molar-refractivity contribution in [1.29, 1.82) is 0 Å². The number of rotatable bonds is 2. The minimum Gasteiger partial charge on any atom is -0.482 e. The summed E-state index contributed by atoms with van der Waals surface area (Å²) in [7, 11) is 1.30. The SMILES string of the molecule is COC(=O)Nc1ccc(C2=C/C(=C3\C(=O)Nc4cc(F)ccc43)OC2(C)C)cc1. The Hall–Kier alpha value is -3.61. The minimum absolute atomic E-state index is 0.327. The second-order valence-electron chi connectivity index (χ2n) is 7.25. The minimum atomic E-state index is -0.678. The largest absolute Gasteiger partial charge is 0.482 e. The molecule has 2 aliphatic heterocycles. The molecule has 2 N–H and O–H groups in total. The van der Waals surface area contributed by atoms with E-state index in [-0.39, 0.29) is 5.91 Å². The van der Waals surface area contributed by atoms with Gasteiger partial charge < -0.3 is 14.8 Å². The molecule has 6 nitrogen and oxygen atoms in total. The predicted octanol–water partition coefficient (Wildman–Crippen LogP) is 4.56. The van der Waals surface area contributed by atoms with Crippen LogP contribution in [0.25, 0.3) is 11.1 Å². The number of hydrogen-bond donors (Lipinski definition) is 2. The number of benzene rings is 2. The molecule has 2 heterocycles. The molecule has 0 spiro atoms. The van der Waals surface area contributed by atoms with E-state index in [2.05, 4.69) is 15.4 Å². The Morgan fingerprint density at radius 3 is 2.59 bits per heavy atom. The number of methoxy groups -OCH3 is 1. The van der Waals surface area contributed by atoms with Gasteiger partial charge in [0, 0.05) is 16.8 Å². The van der Waals surface area contributed by atoms with Gasteiger partial charge in [0.1, 0.15) is 17.2 Å². The summed E-state index contributed by atoms with van der Waals surface area (Å²) >= 11 is 0. The first-order valence-corrected chi connectivity index (χ1v) is 9.00. The van der Waals surface area contributed by atoms with E-state index in [0.29, 0.717) is 28.3 Å². The van der Waals surface area contributed by atoms with Crippen LogP contribution in [0.5, 0.6) is 0 Å². The molecular weight excluding hydrogens is 375 g/mol. The van der Waals surface area contributed by atoms with Crippen LogP contribution >= 0.6 is 0 Å². The summed E-state index contributed by atoms with van der Waals surface area (Å²) in [5.41, 5.74) is 3.11. The van der Waals surface area contributed by atoms with Gasteiger partial charge in [-0.2, -0.15) is 0 Å². The van der Waals surface area contributed by atoms with Gasteiger partial charge in [0.2, 0.25) is 0 Å². The Morgan fingerprint density at radius 2 is 1.90 bits per heavy atom. The van der Waals surface area contributed by atoms with Crippen molar-refractivity contribution >= 4 is 34.5 Å². The maximum Gasteiger partial charge on any atom is 0.411 e. The average Bonchev–Trinajstić information content (AvgIpc) is 3.16. The molecule has 0 radical (unpaired) electrons. The van der Waals surface area contributed by atoms with Crippen molar-refractivity contribution in [3.05, 3.63) is 71.2 Å². The summed E-state index contributed by atoms with van der Waals surface area (Å²) in [6.07, 6.45) is 1.28. The predicted molar refractivity (Wildman–Crippen MR) is 108 cm³/mol. The van der Waals surface area contributed by atoms with Crippen LogP contribution in [0.15, 0.2) is 54.3 Å². The lowest BCUT2D eigenvalue weighted by Gasteiger charge is -2.23. The smallest absolute Gasteiger partial charge is 0.411 e. The molecular formula is C22H19FN2O4. The van der Waals surface area contributed by atoms with Crippen LogP contribution < -0.4 is 10.6 Å². The van der Waals surface area contributed by atoms with E-state index >= 15 is 0 Å². The molecule has 0 bridgehead atoms. The first-order chi connectivity index (χ1) is 13.8. The quantitative estimate of drug-likeness (QED) is 0.732. The number of ether oxygens (including phenoxy) is 2. The Balaban J connectivity index is 1.72. The fourth-order valence-electron chi connectivity index (χ4n) is 3.51. The summed E-state index contributed by atoms with van der Waals surface area (Å²) in [5.74, 6) is -0.309. The zero-order chi connectivity index (χ0) is 20.8. The van der Waals surface area contributed by atoms with Crippen LogP contribution in [0.4, 0.5) is 20.6 Å².